The highest BCUT2D eigenvalue weighted by Gasteiger charge is 2.23. The van der Waals surface area contributed by atoms with Crippen LogP contribution in [0.1, 0.15) is 31.7 Å². The first-order valence-electron chi connectivity index (χ1n) is 6.55. The average Bonchev–Trinajstić information content (AvgIpc) is 2.64. The Morgan fingerprint density at radius 3 is 2.53 bits per heavy atom. The second-order valence-corrected chi connectivity index (χ2v) is 5.97. The highest BCUT2D eigenvalue weighted by atomic mass is 32.2. The van der Waals surface area contributed by atoms with Gasteiger partial charge in [-0.3, -0.25) is 4.68 Å². The Kier molecular flexibility index (Phi) is 5.96. The van der Waals surface area contributed by atoms with E-state index in [1.165, 1.54) is 0 Å². The lowest BCUT2D eigenvalue weighted by Gasteiger charge is -2.07. The molecule has 1 aromatic heterocycles. The largest absolute Gasteiger partial charge is 0.382 e. The van der Waals surface area contributed by atoms with Gasteiger partial charge in [0.25, 0.3) is 0 Å². The number of nitrogens with one attached hydrogen (secondary N) is 1. The SMILES string of the molecule is CCOCCCNS(=O)(=O)c1c(C)nn(CC)c1C. The normalized spacial score (nSPS) is 12.0. The third-order valence-electron chi connectivity index (χ3n) is 2.85. The zero-order valence-corrected chi connectivity index (χ0v) is 12.9. The van der Waals surface area contributed by atoms with Gasteiger partial charge in [0, 0.05) is 26.3 Å². The van der Waals surface area contributed by atoms with E-state index in [1.54, 1.807) is 18.5 Å². The number of hydrogen-bond donors (Lipinski definition) is 1. The van der Waals surface area contributed by atoms with E-state index >= 15 is 0 Å². The quantitative estimate of drug-likeness (QED) is 0.730. The monoisotopic (exact) mass is 289 g/mol. The fraction of sp³-hybridized carbons (Fsp3) is 0.750. The summed E-state index contributed by atoms with van der Waals surface area (Å²) in [6, 6.07) is 0. The minimum atomic E-state index is -3.49. The van der Waals surface area contributed by atoms with Crippen LogP contribution >= 0.6 is 0 Å². The predicted molar refractivity (Wildman–Crippen MR) is 73.7 cm³/mol. The summed E-state index contributed by atoms with van der Waals surface area (Å²) in [6.45, 7) is 9.58. The molecule has 0 aromatic carbocycles. The molecule has 0 atom stereocenters. The molecule has 1 aromatic rings. The van der Waals surface area contributed by atoms with Crippen LogP contribution in [-0.2, 0) is 21.3 Å². The molecular weight excluding hydrogens is 266 g/mol. The number of aryl methyl sites for hydroxylation is 2. The van der Waals surface area contributed by atoms with Gasteiger partial charge >= 0.3 is 0 Å². The van der Waals surface area contributed by atoms with Gasteiger partial charge in [0.05, 0.1) is 11.4 Å². The highest BCUT2D eigenvalue weighted by Crippen LogP contribution is 2.18. The molecule has 0 aliphatic rings. The van der Waals surface area contributed by atoms with Crippen molar-refractivity contribution in [2.24, 2.45) is 0 Å². The standard InChI is InChI=1S/C12H23N3O3S/c1-5-15-11(4)12(10(3)14-15)19(16,17)13-8-7-9-18-6-2/h13H,5-9H2,1-4H3. The zero-order chi connectivity index (χ0) is 14.5. The third-order valence-corrected chi connectivity index (χ3v) is 4.56. The number of aromatic nitrogens is 2. The number of sulfonamides is 1. The molecule has 0 spiro atoms. The summed E-state index contributed by atoms with van der Waals surface area (Å²) in [5.41, 5.74) is 1.22. The zero-order valence-electron chi connectivity index (χ0n) is 12.1. The van der Waals surface area contributed by atoms with Gasteiger partial charge in [-0.2, -0.15) is 5.10 Å². The molecule has 1 N–H and O–H groups in total. The van der Waals surface area contributed by atoms with E-state index in [0.717, 1.165) is 0 Å². The van der Waals surface area contributed by atoms with E-state index in [-0.39, 0.29) is 0 Å². The van der Waals surface area contributed by atoms with Crippen LogP contribution in [0.4, 0.5) is 0 Å². The predicted octanol–water partition coefficient (Wildman–Crippen LogP) is 1.22. The van der Waals surface area contributed by atoms with Crippen LogP contribution in [-0.4, -0.2) is 38.0 Å². The van der Waals surface area contributed by atoms with Crippen LogP contribution in [0.3, 0.4) is 0 Å². The van der Waals surface area contributed by atoms with Crippen LogP contribution in [0.5, 0.6) is 0 Å². The van der Waals surface area contributed by atoms with Crippen LogP contribution in [0, 0.1) is 13.8 Å². The Morgan fingerprint density at radius 1 is 1.32 bits per heavy atom. The van der Waals surface area contributed by atoms with E-state index in [0.29, 0.717) is 49.0 Å². The third kappa shape index (κ3) is 4.02. The lowest BCUT2D eigenvalue weighted by atomic mass is 10.4. The van der Waals surface area contributed by atoms with Gasteiger partial charge in [0.2, 0.25) is 10.0 Å². The lowest BCUT2D eigenvalue weighted by molar-refractivity contribution is 0.146. The fourth-order valence-electron chi connectivity index (χ4n) is 1.97. The summed E-state index contributed by atoms with van der Waals surface area (Å²) in [5, 5.41) is 4.23. The topological polar surface area (TPSA) is 73.2 Å². The van der Waals surface area contributed by atoms with E-state index in [9.17, 15) is 8.42 Å². The first kappa shape index (κ1) is 16.1. The van der Waals surface area contributed by atoms with Gasteiger partial charge in [-0.1, -0.05) is 0 Å². The minimum absolute atomic E-state index is 0.297. The summed E-state index contributed by atoms with van der Waals surface area (Å²) in [4.78, 5) is 0.297. The molecule has 0 amide bonds. The molecular formula is C12H23N3O3S. The van der Waals surface area contributed by atoms with E-state index < -0.39 is 10.0 Å². The molecule has 0 aliphatic carbocycles. The summed E-state index contributed by atoms with van der Waals surface area (Å²) in [6.07, 6.45) is 0.660. The van der Waals surface area contributed by atoms with E-state index in [4.69, 9.17) is 4.74 Å². The molecule has 110 valence electrons. The van der Waals surface area contributed by atoms with Crippen molar-refractivity contribution in [3.8, 4) is 0 Å². The molecule has 0 fully saturated rings. The maximum absolute atomic E-state index is 12.2. The lowest BCUT2D eigenvalue weighted by Crippen LogP contribution is -2.26. The Balaban J connectivity index is 2.75. The van der Waals surface area contributed by atoms with Gasteiger partial charge < -0.3 is 4.74 Å². The Hall–Kier alpha value is -0.920. The van der Waals surface area contributed by atoms with Gasteiger partial charge in [0.1, 0.15) is 4.90 Å². The second-order valence-electron chi connectivity index (χ2n) is 4.26. The molecule has 0 aliphatic heterocycles. The summed E-state index contributed by atoms with van der Waals surface area (Å²) >= 11 is 0. The fourth-order valence-corrected chi connectivity index (χ4v) is 3.46. The number of hydrogen-bond acceptors (Lipinski definition) is 4. The van der Waals surface area contributed by atoms with Crippen LogP contribution in [0.2, 0.25) is 0 Å². The number of rotatable bonds is 8. The average molecular weight is 289 g/mol. The Morgan fingerprint density at radius 2 is 2.00 bits per heavy atom. The van der Waals surface area contributed by atoms with Crippen LogP contribution < -0.4 is 4.72 Å². The van der Waals surface area contributed by atoms with Crippen molar-refractivity contribution in [2.45, 2.75) is 45.6 Å². The van der Waals surface area contributed by atoms with Crippen molar-refractivity contribution in [2.75, 3.05) is 19.8 Å². The molecule has 0 radical (unpaired) electrons. The molecule has 1 heterocycles. The van der Waals surface area contributed by atoms with Gasteiger partial charge in [-0.05, 0) is 34.1 Å². The van der Waals surface area contributed by atoms with E-state index in [1.807, 2.05) is 13.8 Å². The molecule has 0 bridgehead atoms. The Labute approximate surface area is 115 Å². The van der Waals surface area contributed by atoms with Crippen molar-refractivity contribution < 1.29 is 13.2 Å². The van der Waals surface area contributed by atoms with Gasteiger partial charge in [0.15, 0.2) is 0 Å². The molecule has 0 saturated carbocycles. The summed E-state index contributed by atoms with van der Waals surface area (Å²) in [7, 11) is -3.49. The summed E-state index contributed by atoms with van der Waals surface area (Å²) in [5.74, 6) is 0. The Bertz CT molecular complexity index is 509. The van der Waals surface area contributed by atoms with Crippen LogP contribution in [0.15, 0.2) is 4.90 Å². The molecule has 19 heavy (non-hydrogen) atoms. The maximum Gasteiger partial charge on any atom is 0.244 e. The second kappa shape index (κ2) is 7.02. The molecule has 6 nitrogen and oxygen atoms in total. The molecule has 1 rings (SSSR count). The number of nitrogens with zero attached hydrogens (tertiary/aromatic N) is 2. The molecule has 7 heteroatoms. The minimum Gasteiger partial charge on any atom is -0.382 e. The van der Waals surface area contributed by atoms with Crippen molar-refractivity contribution in [3.63, 3.8) is 0 Å². The first-order chi connectivity index (χ1) is 8.94. The molecule has 0 saturated heterocycles. The van der Waals surface area contributed by atoms with Crippen molar-refractivity contribution in [1.82, 2.24) is 14.5 Å². The van der Waals surface area contributed by atoms with Crippen molar-refractivity contribution in [1.29, 1.82) is 0 Å². The highest BCUT2D eigenvalue weighted by molar-refractivity contribution is 7.89. The van der Waals surface area contributed by atoms with Gasteiger partial charge in [-0.15, -0.1) is 0 Å². The van der Waals surface area contributed by atoms with Crippen molar-refractivity contribution in [3.05, 3.63) is 11.4 Å². The van der Waals surface area contributed by atoms with Crippen LogP contribution in [0.25, 0.3) is 0 Å². The van der Waals surface area contributed by atoms with Crippen molar-refractivity contribution >= 4 is 10.0 Å². The molecule has 0 unspecified atom stereocenters. The van der Waals surface area contributed by atoms with E-state index in [2.05, 4.69) is 9.82 Å². The first-order valence-corrected chi connectivity index (χ1v) is 8.03. The van der Waals surface area contributed by atoms with Gasteiger partial charge in [-0.25, -0.2) is 13.1 Å². The maximum atomic E-state index is 12.2. The summed E-state index contributed by atoms with van der Waals surface area (Å²) < 4.78 is 33.9. The smallest absolute Gasteiger partial charge is 0.244 e. The number of ether oxygens (including phenoxy) is 1.